The van der Waals surface area contributed by atoms with E-state index in [1.807, 2.05) is 13.8 Å². The number of nitrogens with one attached hydrogen (secondary N) is 3. The van der Waals surface area contributed by atoms with Gasteiger partial charge in [-0.2, -0.15) is 0 Å². The van der Waals surface area contributed by atoms with Gasteiger partial charge in [0, 0.05) is 12.4 Å². The van der Waals surface area contributed by atoms with Gasteiger partial charge in [-0.05, 0) is 12.3 Å². The van der Waals surface area contributed by atoms with E-state index in [0.717, 1.165) is 0 Å². The van der Waals surface area contributed by atoms with Crippen molar-refractivity contribution in [2.24, 2.45) is 5.92 Å². The molecular formula is C11H18ClN5O2S. The molecular weight excluding hydrogens is 302 g/mol. The lowest BCUT2D eigenvalue weighted by Gasteiger charge is -2.19. The molecule has 0 spiro atoms. The average molecular weight is 320 g/mol. The molecule has 0 fully saturated rings. The van der Waals surface area contributed by atoms with Crippen LogP contribution in [0.3, 0.4) is 0 Å². The molecule has 7 nitrogen and oxygen atoms in total. The first-order valence-electron chi connectivity index (χ1n) is 6.20. The summed E-state index contributed by atoms with van der Waals surface area (Å²) in [5.41, 5.74) is 1.52. The minimum absolute atomic E-state index is 0.258. The summed E-state index contributed by atoms with van der Waals surface area (Å²) in [4.78, 5) is 23.7. The fraction of sp³-hybridized carbons (Fsp3) is 0.636. The Morgan fingerprint density at radius 1 is 1.45 bits per heavy atom. The molecule has 1 rings (SSSR count). The summed E-state index contributed by atoms with van der Waals surface area (Å²) < 4.78 is 0. The second-order valence-corrected chi connectivity index (χ2v) is 5.72. The van der Waals surface area contributed by atoms with Crippen molar-refractivity contribution in [2.45, 2.75) is 26.3 Å². The van der Waals surface area contributed by atoms with Gasteiger partial charge in [0.1, 0.15) is 11.6 Å². The first-order chi connectivity index (χ1) is 9.52. The molecule has 0 aliphatic heterocycles. The summed E-state index contributed by atoms with van der Waals surface area (Å²) in [6, 6.07) is -1.04. The van der Waals surface area contributed by atoms with Crippen molar-refractivity contribution in [3.8, 4) is 0 Å². The first kappa shape index (κ1) is 16.6. The number of amides is 3. The van der Waals surface area contributed by atoms with E-state index in [1.54, 1.807) is 0 Å². The normalized spacial score (nSPS) is 12.0. The zero-order valence-electron chi connectivity index (χ0n) is 11.4. The van der Waals surface area contributed by atoms with Gasteiger partial charge in [0.2, 0.25) is 11.0 Å². The smallest absolute Gasteiger partial charge is 0.315 e. The van der Waals surface area contributed by atoms with Gasteiger partial charge in [-0.15, -0.1) is 21.8 Å². The highest BCUT2D eigenvalue weighted by molar-refractivity contribution is 7.13. The predicted octanol–water partition coefficient (Wildman–Crippen LogP) is 1.43. The molecule has 1 atom stereocenters. The number of nitrogens with zero attached hydrogens (tertiary/aromatic N) is 2. The fourth-order valence-corrected chi connectivity index (χ4v) is 2.04. The topological polar surface area (TPSA) is 96.0 Å². The van der Waals surface area contributed by atoms with Crippen LogP contribution in [-0.2, 0) is 4.79 Å². The van der Waals surface area contributed by atoms with Gasteiger partial charge in [0.05, 0.1) is 0 Å². The third kappa shape index (κ3) is 6.16. The second kappa shape index (κ2) is 8.70. The van der Waals surface area contributed by atoms with Crippen LogP contribution in [0.4, 0.5) is 9.93 Å². The van der Waals surface area contributed by atoms with Crippen LogP contribution in [0.2, 0.25) is 0 Å². The molecule has 3 amide bonds. The third-order valence-electron chi connectivity index (χ3n) is 2.30. The molecule has 0 radical (unpaired) electrons. The summed E-state index contributed by atoms with van der Waals surface area (Å²) >= 11 is 6.71. The lowest BCUT2D eigenvalue weighted by Crippen LogP contribution is -2.48. The first-order valence-corrected chi connectivity index (χ1v) is 7.61. The van der Waals surface area contributed by atoms with Crippen molar-refractivity contribution >= 4 is 40.0 Å². The van der Waals surface area contributed by atoms with E-state index >= 15 is 0 Å². The molecule has 0 aliphatic carbocycles. The Balaban J connectivity index is 2.58. The van der Waals surface area contributed by atoms with Crippen LogP contribution in [0.5, 0.6) is 0 Å². The van der Waals surface area contributed by atoms with E-state index in [-0.39, 0.29) is 11.8 Å². The molecule has 0 aliphatic rings. The van der Waals surface area contributed by atoms with Crippen LogP contribution >= 0.6 is 22.9 Å². The number of anilines is 1. The Kier molecular flexibility index (Phi) is 7.24. The minimum atomic E-state index is -0.630. The molecule has 1 aromatic heterocycles. The molecule has 20 heavy (non-hydrogen) atoms. The molecule has 0 bridgehead atoms. The van der Waals surface area contributed by atoms with Gasteiger partial charge in [0.15, 0.2) is 0 Å². The van der Waals surface area contributed by atoms with Crippen molar-refractivity contribution in [1.29, 1.82) is 0 Å². The summed E-state index contributed by atoms with van der Waals surface area (Å²) in [7, 11) is 0. The second-order valence-electron chi connectivity index (χ2n) is 4.50. The van der Waals surface area contributed by atoms with Gasteiger partial charge < -0.3 is 10.6 Å². The SMILES string of the molecule is CC(C)C[C@H](NC(=O)NCCCl)C(=O)Nc1nncs1. The molecule has 3 N–H and O–H groups in total. The van der Waals surface area contributed by atoms with Crippen LogP contribution in [0.25, 0.3) is 0 Å². The zero-order chi connectivity index (χ0) is 15.0. The van der Waals surface area contributed by atoms with E-state index in [4.69, 9.17) is 11.6 Å². The highest BCUT2D eigenvalue weighted by Gasteiger charge is 2.22. The Bertz CT molecular complexity index is 426. The van der Waals surface area contributed by atoms with Crippen LogP contribution < -0.4 is 16.0 Å². The van der Waals surface area contributed by atoms with Crippen molar-refractivity contribution in [1.82, 2.24) is 20.8 Å². The van der Waals surface area contributed by atoms with E-state index in [1.165, 1.54) is 16.8 Å². The molecule has 1 aromatic rings. The average Bonchev–Trinajstić information content (AvgIpc) is 2.87. The molecule has 9 heteroatoms. The molecule has 0 saturated carbocycles. The summed E-state index contributed by atoms with van der Waals surface area (Å²) in [5.74, 6) is 0.268. The highest BCUT2D eigenvalue weighted by atomic mass is 35.5. The van der Waals surface area contributed by atoms with Crippen LogP contribution in [-0.4, -0.2) is 40.6 Å². The standard InChI is InChI=1S/C11H18ClN5O2S/c1-7(2)5-8(15-10(19)13-4-3-12)9(18)16-11-17-14-6-20-11/h6-8H,3-5H2,1-2H3,(H2,13,15,19)(H,16,17,18)/t8-/m0/s1. The van der Waals surface area contributed by atoms with Gasteiger partial charge in [-0.3, -0.25) is 10.1 Å². The number of carbonyl (C=O) groups excluding carboxylic acids is 2. The van der Waals surface area contributed by atoms with E-state index in [9.17, 15) is 9.59 Å². The number of hydrogen-bond acceptors (Lipinski definition) is 5. The summed E-state index contributed by atoms with van der Waals surface area (Å²) in [6.45, 7) is 4.30. The molecule has 0 unspecified atom stereocenters. The van der Waals surface area contributed by atoms with E-state index in [0.29, 0.717) is 24.0 Å². The number of alkyl halides is 1. The van der Waals surface area contributed by atoms with Gasteiger partial charge in [-0.1, -0.05) is 25.2 Å². The number of hydrogen-bond donors (Lipinski definition) is 3. The van der Waals surface area contributed by atoms with E-state index in [2.05, 4.69) is 26.1 Å². The molecule has 0 aromatic carbocycles. The Morgan fingerprint density at radius 3 is 2.75 bits per heavy atom. The Labute approximate surface area is 126 Å². The number of urea groups is 1. The van der Waals surface area contributed by atoms with Crippen molar-refractivity contribution < 1.29 is 9.59 Å². The fourth-order valence-electron chi connectivity index (χ4n) is 1.49. The minimum Gasteiger partial charge on any atom is -0.337 e. The Hall–Kier alpha value is -1.41. The number of aromatic nitrogens is 2. The summed E-state index contributed by atoms with van der Waals surface area (Å²) in [5, 5.41) is 15.6. The number of halogens is 1. The summed E-state index contributed by atoms with van der Waals surface area (Å²) in [6.07, 6.45) is 0.527. The van der Waals surface area contributed by atoms with Crippen LogP contribution in [0.15, 0.2) is 5.51 Å². The van der Waals surface area contributed by atoms with Gasteiger partial charge in [-0.25, -0.2) is 4.79 Å². The van der Waals surface area contributed by atoms with Crippen molar-refractivity contribution in [2.75, 3.05) is 17.7 Å². The largest absolute Gasteiger partial charge is 0.337 e. The van der Waals surface area contributed by atoms with Crippen molar-refractivity contribution in [3.63, 3.8) is 0 Å². The monoisotopic (exact) mass is 319 g/mol. The lowest BCUT2D eigenvalue weighted by molar-refractivity contribution is -0.118. The van der Waals surface area contributed by atoms with Gasteiger partial charge >= 0.3 is 6.03 Å². The van der Waals surface area contributed by atoms with Gasteiger partial charge in [0.25, 0.3) is 0 Å². The maximum Gasteiger partial charge on any atom is 0.315 e. The Morgan fingerprint density at radius 2 is 2.20 bits per heavy atom. The molecule has 112 valence electrons. The van der Waals surface area contributed by atoms with Crippen LogP contribution in [0, 0.1) is 5.92 Å². The number of carbonyl (C=O) groups is 2. The quantitative estimate of drug-likeness (QED) is 0.662. The van der Waals surface area contributed by atoms with Crippen molar-refractivity contribution in [3.05, 3.63) is 5.51 Å². The lowest BCUT2D eigenvalue weighted by atomic mass is 10.0. The molecule has 1 heterocycles. The van der Waals surface area contributed by atoms with Crippen LogP contribution in [0.1, 0.15) is 20.3 Å². The maximum absolute atomic E-state index is 12.1. The number of rotatable bonds is 7. The highest BCUT2D eigenvalue weighted by Crippen LogP contribution is 2.11. The third-order valence-corrected chi connectivity index (χ3v) is 3.09. The zero-order valence-corrected chi connectivity index (χ0v) is 12.9. The maximum atomic E-state index is 12.1. The van der Waals surface area contributed by atoms with E-state index < -0.39 is 12.1 Å². The molecule has 0 saturated heterocycles. The predicted molar refractivity (Wildman–Crippen MR) is 79.0 cm³/mol.